The number of rotatable bonds is 2. The van der Waals surface area contributed by atoms with Crippen molar-refractivity contribution in [3.63, 3.8) is 0 Å². The minimum atomic E-state index is -0.765. The SMILES string of the molecule is O=C(O)CC1CCc2cc(Cl)c(Cl)cc21. The van der Waals surface area contributed by atoms with E-state index < -0.39 is 5.97 Å². The molecular formula is C11H10Cl2O2. The number of aryl methyl sites for hydroxylation is 1. The van der Waals surface area contributed by atoms with Crippen molar-refractivity contribution in [2.24, 2.45) is 0 Å². The number of carbonyl (C=O) groups is 1. The average molecular weight is 245 g/mol. The Bertz CT molecular complexity index is 415. The first-order chi connectivity index (χ1) is 7.08. The van der Waals surface area contributed by atoms with Crippen LogP contribution in [0.25, 0.3) is 0 Å². The zero-order chi connectivity index (χ0) is 11.0. The van der Waals surface area contributed by atoms with Crippen molar-refractivity contribution in [3.05, 3.63) is 33.3 Å². The Balaban J connectivity index is 2.34. The molecule has 2 nitrogen and oxygen atoms in total. The summed E-state index contributed by atoms with van der Waals surface area (Å²) in [6, 6.07) is 3.65. The van der Waals surface area contributed by atoms with E-state index in [-0.39, 0.29) is 12.3 Å². The van der Waals surface area contributed by atoms with E-state index in [2.05, 4.69) is 0 Å². The molecule has 80 valence electrons. The second kappa shape index (κ2) is 4.03. The number of hydrogen-bond acceptors (Lipinski definition) is 1. The van der Waals surface area contributed by atoms with Gasteiger partial charge in [-0.25, -0.2) is 0 Å². The molecule has 0 fully saturated rings. The first-order valence-corrected chi connectivity index (χ1v) is 5.53. The maximum atomic E-state index is 10.7. The largest absolute Gasteiger partial charge is 0.481 e. The predicted molar refractivity (Wildman–Crippen MR) is 59.8 cm³/mol. The van der Waals surface area contributed by atoms with Gasteiger partial charge in [-0.1, -0.05) is 23.2 Å². The molecular weight excluding hydrogens is 235 g/mol. The van der Waals surface area contributed by atoms with Gasteiger partial charge in [0.25, 0.3) is 0 Å². The number of carboxylic acid groups (broad SMARTS) is 1. The van der Waals surface area contributed by atoms with E-state index in [0.29, 0.717) is 10.0 Å². The average Bonchev–Trinajstić information content (AvgIpc) is 2.49. The molecule has 15 heavy (non-hydrogen) atoms. The molecule has 0 radical (unpaired) electrons. The third-order valence-corrected chi connectivity index (χ3v) is 3.53. The Hall–Kier alpha value is -0.730. The number of fused-ring (bicyclic) bond motifs is 1. The fraction of sp³-hybridized carbons (Fsp3) is 0.364. The summed E-state index contributed by atoms with van der Waals surface area (Å²) in [5, 5.41) is 9.82. The lowest BCUT2D eigenvalue weighted by molar-refractivity contribution is -0.137. The van der Waals surface area contributed by atoms with Crippen LogP contribution in [0.4, 0.5) is 0 Å². The van der Waals surface area contributed by atoms with Crippen LogP contribution < -0.4 is 0 Å². The summed E-state index contributed by atoms with van der Waals surface area (Å²) in [6.45, 7) is 0. The lowest BCUT2D eigenvalue weighted by atomic mass is 9.98. The van der Waals surface area contributed by atoms with Crippen molar-refractivity contribution in [2.75, 3.05) is 0 Å². The van der Waals surface area contributed by atoms with E-state index >= 15 is 0 Å². The van der Waals surface area contributed by atoms with Crippen LogP contribution >= 0.6 is 23.2 Å². The van der Waals surface area contributed by atoms with Gasteiger partial charge in [-0.05, 0) is 42.0 Å². The molecule has 1 aromatic carbocycles. The minimum Gasteiger partial charge on any atom is -0.481 e. The van der Waals surface area contributed by atoms with E-state index in [1.807, 2.05) is 6.07 Å². The highest BCUT2D eigenvalue weighted by molar-refractivity contribution is 6.42. The highest BCUT2D eigenvalue weighted by Gasteiger charge is 2.25. The molecule has 1 aromatic rings. The van der Waals surface area contributed by atoms with E-state index in [1.54, 1.807) is 6.07 Å². The molecule has 1 aliphatic rings. The van der Waals surface area contributed by atoms with Gasteiger partial charge in [-0.3, -0.25) is 4.79 Å². The van der Waals surface area contributed by atoms with Crippen molar-refractivity contribution in [2.45, 2.75) is 25.2 Å². The number of carboxylic acids is 1. The van der Waals surface area contributed by atoms with Gasteiger partial charge < -0.3 is 5.11 Å². The molecule has 1 aliphatic carbocycles. The molecule has 0 aliphatic heterocycles. The molecule has 1 atom stereocenters. The maximum absolute atomic E-state index is 10.7. The standard InChI is InChI=1S/C11H10Cl2O2/c12-9-3-6-1-2-7(4-11(14)15)8(6)5-10(9)13/h3,5,7H,1-2,4H2,(H,14,15). The third kappa shape index (κ3) is 2.11. The lowest BCUT2D eigenvalue weighted by Crippen LogP contribution is -2.03. The molecule has 1 N–H and O–H groups in total. The molecule has 0 spiro atoms. The van der Waals surface area contributed by atoms with Gasteiger partial charge in [-0.15, -0.1) is 0 Å². The molecule has 0 heterocycles. The molecule has 4 heteroatoms. The molecule has 1 unspecified atom stereocenters. The van der Waals surface area contributed by atoms with Crippen molar-refractivity contribution in [1.29, 1.82) is 0 Å². The Morgan fingerprint density at radius 3 is 2.73 bits per heavy atom. The van der Waals surface area contributed by atoms with Gasteiger partial charge in [0.2, 0.25) is 0 Å². The van der Waals surface area contributed by atoms with Crippen LogP contribution in [-0.2, 0) is 11.2 Å². The van der Waals surface area contributed by atoms with E-state index in [9.17, 15) is 4.79 Å². The van der Waals surface area contributed by atoms with Gasteiger partial charge in [0.1, 0.15) is 0 Å². The number of benzene rings is 1. The molecule has 2 rings (SSSR count). The second-order valence-corrected chi connectivity index (χ2v) is 4.61. The van der Waals surface area contributed by atoms with Crippen LogP contribution in [0.3, 0.4) is 0 Å². The van der Waals surface area contributed by atoms with Gasteiger partial charge in [0, 0.05) is 0 Å². The summed E-state index contributed by atoms with van der Waals surface area (Å²) in [5.41, 5.74) is 2.18. The van der Waals surface area contributed by atoms with E-state index in [1.165, 1.54) is 0 Å². The summed E-state index contributed by atoms with van der Waals surface area (Å²) in [7, 11) is 0. The number of aliphatic carboxylic acids is 1. The fourth-order valence-electron chi connectivity index (χ4n) is 2.11. The van der Waals surface area contributed by atoms with Crippen LogP contribution in [-0.4, -0.2) is 11.1 Å². The normalized spacial score (nSPS) is 18.9. The van der Waals surface area contributed by atoms with Gasteiger partial charge in [0.05, 0.1) is 16.5 Å². The van der Waals surface area contributed by atoms with Crippen molar-refractivity contribution in [1.82, 2.24) is 0 Å². The summed E-state index contributed by atoms with van der Waals surface area (Å²) in [4.78, 5) is 10.7. The number of hydrogen-bond donors (Lipinski definition) is 1. The monoisotopic (exact) mass is 244 g/mol. The summed E-state index contributed by atoms with van der Waals surface area (Å²) in [5.74, 6) is -0.675. The molecule has 0 bridgehead atoms. The Morgan fingerprint density at radius 1 is 1.40 bits per heavy atom. The van der Waals surface area contributed by atoms with Crippen LogP contribution in [0.2, 0.25) is 10.0 Å². The quantitative estimate of drug-likeness (QED) is 0.865. The molecule has 0 saturated carbocycles. The van der Waals surface area contributed by atoms with Crippen LogP contribution in [0, 0.1) is 0 Å². The Kier molecular flexibility index (Phi) is 2.89. The van der Waals surface area contributed by atoms with Crippen LogP contribution in [0.1, 0.15) is 29.9 Å². The minimum absolute atomic E-state index is 0.0901. The highest BCUT2D eigenvalue weighted by Crippen LogP contribution is 2.39. The smallest absolute Gasteiger partial charge is 0.303 e. The molecule has 0 aromatic heterocycles. The summed E-state index contributed by atoms with van der Waals surface area (Å²) >= 11 is 11.8. The van der Waals surface area contributed by atoms with Crippen molar-refractivity contribution >= 4 is 29.2 Å². The molecule has 0 saturated heterocycles. The Labute approximate surface area is 97.8 Å². The first kappa shape index (κ1) is 10.8. The van der Waals surface area contributed by atoms with Crippen LogP contribution in [0.5, 0.6) is 0 Å². The van der Waals surface area contributed by atoms with Gasteiger partial charge in [0.15, 0.2) is 0 Å². The topological polar surface area (TPSA) is 37.3 Å². The number of halogens is 2. The predicted octanol–water partition coefficient (Wildman–Crippen LogP) is 3.50. The lowest BCUT2D eigenvalue weighted by Gasteiger charge is -2.09. The maximum Gasteiger partial charge on any atom is 0.303 e. The second-order valence-electron chi connectivity index (χ2n) is 3.80. The first-order valence-electron chi connectivity index (χ1n) is 4.77. The fourth-order valence-corrected chi connectivity index (χ4v) is 2.47. The summed E-state index contributed by atoms with van der Waals surface area (Å²) in [6.07, 6.45) is 1.94. The molecule has 0 amide bonds. The van der Waals surface area contributed by atoms with E-state index in [0.717, 1.165) is 24.0 Å². The van der Waals surface area contributed by atoms with Gasteiger partial charge >= 0.3 is 5.97 Å². The zero-order valence-electron chi connectivity index (χ0n) is 7.96. The highest BCUT2D eigenvalue weighted by atomic mass is 35.5. The van der Waals surface area contributed by atoms with Crippen LogP contribution in [0.15, 0.2) is 12.1 Å². The van der Waals surface area contributed by atoms with Gasteiger partial charge in [-0.2, -0.15) is 0 Å². The van der Waals surface area contributed by atoms with Crippen molar-refractivity contribution < 1.29 is 9.90 Å². The summed E-state index contributed by atoms with van der Waals surface area (Å²) < 4.78 is 0. The van der Waals surface area contributed by atoms with E-state index in [4.69, 9.17) is 28.3 Å². The van der Waals surface area contributed by atoms with Crippen molar-refractivity contribution in [3.8, 4) is 0 Å². The zero-order valence-corrected chi connectivity index (χ0v) is 9.48. The third-order valence-electron chi connectivity index (χ3n) is 2.81. The Morgan fingerprint density at radius 2 is 2.07 bits per heavy atom.